The van der Waals surface area contributed by atoms with Gasteiger partial charge in [0.1, 0.15) is 6.29 Å². The zero-order valence-electron chi connectivity index (χ0n) is 8.60. The van der Waals surface area contributed by atoms with E-state index < -0.39 is 5.41 Å². The van der Waals surface area contributed by atoms with E-state index in [0.29, 0.717) is 0 Å². The van der Waals surface area contributed by atoms with Crippen LogP contribution in [0.15, 0.2) is 22.7 Å². The van der Waals surface area contributed by atoms with Gasteiger partial charge in [0.2, 0.25) is 0 Å². The van der Waals surface area contributed by atoms with Gasteiger partial charge in [-0.1, -0.05) is 22.0 Å². The highest BCUT2D eigenvalue weighted by Gasteiger charge is 2.22. The topological polar surface area (TPSA) is 29.1 Å². The zero-order valence-corrected chi connectivity index (χ0v) is 10.2. The van der Waals surface area contributed by atoms with Crippen LogP contribution in [-0.4, -0.2) is 13.3 Å². The van der Waals surface area contributed by atoms with Gasteiger partial charge in [-0.3, -0.25) is 0 Å². The molecule has 0 aromatic heterocycles. The Kier molecular flexibility index (Phi) is 3.32. The molecule has 0 bridgehead atoms. The Bertz CT molecular complexity index is 347. The summed E-state index contributed by atoms with van der Waals surface area (Å²) >= 11 is 3.40. The monoisotopic (exact) mass is 255 g/mol. The lowest BCUT2D eigenvalue weighted by atomic mass is 9.85. The molecule has 1 N–H and O–H groups in total. The van der Waals surface area contributed by atoms with E-state index in [-0.39, 0.29) is 0 Å². The maximum Gasteiger partial charge on any atom is 0.130 e. The van der Waals surface area contributed by atoms with Crippen LogP contribution in [0.3, 0.4) is 0 Å². The summed E-state index contributed by atoms with van der Waals surface area (Å²) in [6, 6.07) is 5.88. The lowest BCUT2D eigenvalue weighted by Crippen LogP contribution is -2.20. The molecule has 0 atom stereocenters. The molecule has 0 spiro atoms. The second-order valence-electron chi connectivity index (χ2n) is 3.78. The van der Waals surface area contributed by atoms with Crippen molar-refractivity contribution in [3.63, 3.8) is 0 Å². The van der Waals surface area contributed by atoms with Crippen molar-refractivity contribution < 1.29 is 4.79 Å². The Morgan fingerprint density at radius 3 is 2.57 bits per heavy atom. The highest BCUT2D eigenvalue weighted by atomic mass is 79.9. The molecule has 0 saturated heterocycles. The van der Waals surface area contributed by atoms with Crippen LogP contribution in [0.2, 0.25) is 0 Å². The van der Waals surface area contributed by atoms with E-state index in [2.05, 4.69) is 21.2 Å². The predicted octanol–water partition coefficient (Wildman–Crippen LogP) is 2.97. The molecule has 0 fully saturated rings. The molecule has 0 unspecified atom stereocenters. The maximum absolute atomic E-state index is 10.9. The molecular formula is C11H14BrNO. The highest BCUT2D eigenvalue weighted by Crippen LogP contribution is 2.30. The van der Waals surface area contributed by atoms with E-state index in [4.69, 9.17) is 0 Å². The summed E-state index contributed by atoms with van der Waals surface area (Å²) in [5, 5.41) is 3.09. The van der Waals surface area contributed by atoms with Crippen LogP contribution in [-0.2, 0) is 10.2 Å². The van der Waals surface area contributed by atoms with Gasteiger partial charge >= 0.3 is 0 Å². The minimum Gasteiger partial charge on any atom is -0.388 e. The Balaban J connectivity index is 3.27. The molecule has 0 heterocycles. The summed E-state index contributed by atoms with van der Waals surface area (Å²) in [5.74, 6) is 0. The van der Waals surface area contributed by atoms with Crippen molar-refractivity contribution in [2.45, 2.75) is 19.3 Å². The van der Waals surface area contributed by atoms with Crippen molar-refractivity contribution in [2.24, 2.45) is 0 Å². The molecule has 1 rings (SSSR count). The normalized spacial score (nSPS) is 11.1. The van der Waals surface area contributed by atoms with Crippen LogP contribution in [0.25, 0.3) is 0 Å². The zero-order chi connectivity index (χ0) is 10.8. The molecule has 0 aliphatic heterocycles. The number of anilines is 1. The van der Waals surface area contributed by atoms with Crippen LogP contribution in [0, 0.1) is 0 Å². The molecule has 0 aliphatic carbocycles. The minimum absolute atomic E-state index is 0.445. The maximum atomic E-state index is 10.9. The lowest BCUT2D eigenvalue weighted by Gasteiger charge is -2.21. The van der Waals surface area contributed by atoms with Crippen molar-refractivity contribution >= 4 is 27.9 Å². The minimum atomic E-state index is -0.445. The largest absolute Gasteiger partial charge is 0.388 e. The first-order valence-corrected chi connectivity index (χ1v) is 5.24. The number of halogens is 1. The lowest BCUT2D eigenvalue weighted by molar-refractivity contribution is -0.111. The number of aldehydes is 1. The van der Waals surface area contributed by atoms with Crippen LogP contribution in [0.5, 0.6) is 0 Å². The number of nitrogens with one attached hydrogen (secondary N) is 1. The fraction of sp³-hybridized carbons (Fsp3) is 0.364. The van der Waals surface area contributed by atoms with Crippen molar-refractivity contribution in [1.29, 1.82) is 0 Å². The van der Waals surface area contributed by atoms with E-state index in [9.17, 15) is 4.79 Å². The summed E-state index contributed by atoms with van der Waals surface area (Å²) in [5.41, 5.74) is 1.55. The smallest absolute Gasteiger partial charge is 0.130 e. The number of hydrogen-bond acceptors (Lipinski definition) is 2. The summed E-state index contributed by atoms with van der Waals surface area (Å²) < 4.78 is 1.01. The van der Waals surface area contributed by atoms with E-state index >= 15 is 0 Å². The molecule has 14 heavy (non-hydrogen) atoms. The molecule has 0 amide bonds. The number of rotatable bonds is 3. The van der Waals surface area contributed by atoms with Crippen molar-refractivity contribution in [1.82, 2.24) is 0 Å². The Morgan fingerprint density at radius 2 is 2.07 bits per heavy atom. The van der Waals surface area contributed by atoms with Gasteiger partial charge in [0.15, 0.2) is 0 Å². The second kappa shape index (κ2) is 4.13. The van der Waals surface area contributed by atoms with E-state index in [0.717, 1.165) is 22.0 Å². The number of hydrogen-bond donors (Lipinski definition) is 1. The third-order valence-electron chi connectivity index (χ3n) is 2.24. The van der Waals surface area contributed by atoms with Crippen molar-refractivity contribution in [3.05, 3.63) is 28.2 Å². The van der Waals surface area contributed by atoms with Crippen molar-refractivity contribution in [3.8, 4) is 0 Å². The van der Waals surface area contributed by atoms with Gasteiger partial charge in [-0.2, -0.15) is 0 Å². The predicted molar refractivity (Wildman–Crippen MR) is 62.8 cm³/mol. The average molecular weight is 256 g/mol. The van der Waals surface area contributed by atoms with Gasteiger partial charge < -0.3 is 10.1 Å². The van der Waals surface area contributed by atoms with Crippen LogP contribution in [0.4, 0.5) is 5.69 Å². The first kappa shape index (κ1) is 11.2. The van der Waals surface area contributed by atoms with E-state index in [1.54, 1.807) is 0 Å². The summed E-state index contributed by atoms with van der Waals surface area (Å²) in [6.45, 7) is 3.81. The van der Waals surface area contributed by atoms with Crippen LogP contribution >= 0.6 is 15.9 Å². The Labute approximate surface area is 92.8 Å². The first-order chi connectivity index (χ1) is 6.51. The van der Waals surface area contributed by atoms with Gasteiger partial charge in [0.25, 0.3) is 0 Å². The molecule has 3 heteroatoms. The van der Waals surface area contributed by atoms with Gasteiger partial charge in [0, 0.05) is 22.6 Å². The molecule has 0 saturated carbocycles. The second-order valence-corrected chi connectivity index (χ2v) is 4.70. The molecule has 1 aromatic carbocycles. The van der Waals surface area contributed by atoms with Crippen LogP contribution in [0.1, 0.15) is 19.4 Å². The number of benzene rings is 1. The quantitative estimate of drug-likeness (QED) is 0.842. The van der Waals surface area contributed by atoms with Gasteiger partial charge in [0.05, 0.1) is 0 Å². The first-order valence-electron chi connectivity index (χ1n) is 4.45. The average Bonchev–Trinajstić information content (AvgIpc) is 2.17. The van der Waals surface area contributed by atoms with E-state index in [1.807, 2.05) is 39.1 Å². The third kappa shape index (κ3) is 2.15. The van der Waals surface area contributed by atoms with Gasteiger partial charge in [-0.05, 0) is 31.5 Å². The Morgan fingerprint density at radius 1 is 1.43 bits per heavy atom. The van der Waals surface area contributed by atoms with E-state index in [1.165, 1.54) is 0 Å². The summed E-state index contributed by atoms with van der Waals surface area (Å²) in [4.78, 5) is 10.9. The standard InChI is InChI=1S/C11H14BrNO/c1-11(2,7-14)9-5-4-8(12)6-10(9)13-3/h4-7,13H,1-3H3. The highest BCUT2D eigenvalue weighted by molar-refractivity contribution is 9.10. The third-order valence-corrected chi connectivity index (χ3v) is 2.73. The fourth-order valence-corrected chi connectivity index (χ4v) is 1.71. The molecule has 2 nitrogen and oxygen atoms in total. The van der Waals surface area contributed by atoms with Crippen molar-refractivity contribution in [2.75, 3.05) is 12.4 Å². The SMILES string of the molecule is CNc1cc(Br)ccc1C(C)(C)C=O. The number of carbonyl (C=O) groups excluding carboxylic acids is 1. The summed E-state index contributed by atoms with van der Waals surface area (Å²) in [6.07, 6.45) is 0.969. The molecule has 76 valence electrons. The van der Waals surface area contributed by atoms with Gasteiger partial charge in [-0.25, -0.2) is 0 Å². The molecular weight excluding hydrogens is 242 g/mol. The molecule has 0 aliphatic rings. The Hall–Kier alpha value is -0.830. The van der Waals surface area contributed by atoms with Crippen LogP contribution < -0.4 is 5.32 Å². The van der Waals surface area contributed by atoms with Gasteiger partial charge in [-0.15, -0.1) is 0 Å². The summed E-state index contributed by atoms with van der Waals surface area (Å²) in [7, 11) is 1.85. The number of carbonyl (C=O) groups is 1. The molecule has 0 radical (unpaired) electrons. The fourth-order valence-electron chi connectivity index (χ4n) is 1.35. The molecule has 1 aromatic rings.